The Morgan fingerprint density at radius 1 is 0.407 bits per heavy atom. The average Bonchev–Trinajstić information content (AvgIpc) is 2.76. The van der Waals surface area contributed by atoms with E-state index < -0.39 is 0 Å². The van der Waals surface area contributed by atoms with E-state index in [0.29, 0.717) is 0 Å². The van der Waals surface area contributed by atoms with Gasteiger partial charge in [0.1, 0.15) is 0 Å². The molecule has 0 bridgehead atoms. The highest BCUT2D eigenvalue weighted by Gasteiger charge is 2.19. The minimum atomic E-state index is 0.772. The molecule has 4 aromatic rings. The van der Waals surface area contributed by atoms with Crippen LogP contribution >= 0.6 is 0 Å². The summed E-state index contributed by atoms with van der Waals surface area (Å²) in [6, 6.07) is 42.1. The Morgan fingerprint density at radius 3 is 1.22 bits per heavy atom. The second-order valence-corrected chi connectivity index (χ2v) is 6.36. The molecule has 0 aliphatic carbocycles. The first-order valence-corrected chi connectivity index (χ1v) is 9.18. The number of hydrazine groups is 1. The molecule has 2 nitrogen and oxygen atoms in total. The van der Waals surface area contributed by atoms with Gasteiger partial charge in [0.2, 0.25) is 0 Å². The second-order valence-electron chi connectivity index (χ2n) is 6.36. The molecule has 4 aromatic carbocycles. The van der Waals surface area contributed by atoms with Crippen LogP contribution in [0.25, 0.3) is 0 Å². The SMILES string of the molecule is c1ccc(CN(c2ccccc2)N(c2ccccc2)c2ccccc2)cc1. The van der Waals surface area contributed by atoms with Gasteiger partial charge in [-0.25, -0.2) is 0 Å². The Morgan fingerprint density at radius 2 is 0.778 bits per heavy atom. The zero-order valence-corrected chi connectivity index (χ0v) is 15.1. The molecule has 0 saturated carbocycles. The fourth-order valence-corrected chi connectivity index (χ4v) is 3.20. The number of para-hydroxylation sites is 3. The number of nitrogens with zero attached hydrogens (tertiary/aromatic N) is 2. The maximum atomic E-state index is 2.32. The van der Waals surface area contributed by atoms with E-state index in [1.807, 2.05) is 0 Å². The third kappa shape index (κ3) is 4.01. The minimum absolute atomic E-state index is 0.772. The van der Waals surface area contributed by atoms with Crippen molar-refractivity contribution in [2.24, 2.45) is 0 Å². The third-order valence-corrected chi connectivity index (χ3v) is 4.47. The van der Waals surface area contributed by atoms with Gasteiger partial charge in [0.05, 0.1) is 23.6 Å². The number of hydrogen-bond acceptors (Lipinski definition) is 2. The van der Waals surface area contributed by atoms with Gasteiger partial charge in [0.25, 0.3) is 0 Å². The first kappa shape index (κ1) is 16.9. The summed E-state index contributed by atoms with van der Waals surface area (Å²) in [6.07, 6.45) is 0. The molecule has 2 heteroatoms. The van der Waals surface area contributed by atoms with E-state index in [1.165, 1.54) is 5.56 Å². The predicted octanol–water partition coefficient (Wildman–Crippen LogP) is 6.45. The van der Waals surface area contributed by atoms with Gasteiger partial charge in [-0.3, -0.25) is 10.0 Å². The highest BCUT2D eigenvalue weighted by molar-refractivity contribution is 5.69. The Bertz CT molecular complexity index is 899. The monoisotopic (exact) mass is 350 g/mol. The van der Waals surface area contributed by atoms with E-state index >= 15 is 0 Å². The molecule has 0 unspecified atom stereocenters. The summed E-state index contributed by atoms with van der Waals surface area (Å²) in [6.45, 7) is 0.772. The molecule has 0 fully saturated rings. The molecule has 0 spiro atoms. The molecule has 0 saturated heterocycles. The molecule has 0 amide bonds. The van der Waals surface area contributed by atoms with Crippen LogP contribution in [0.2, 0.25) is 0 Å². The summed E-state index contributed by atoms with van der Waals surface area (Å²) in [5.41, 5.74) is 4.67. The Hall–Kier alpha value is -3.52. The van der Waals surface area contributed by atoms with Gasteiger partial charge in [0.15, 0.2) is 0 Å². The lowest BCUT2D eigenvalue weighted by Gasteiger charge is -2.38. The van der Waals surface area contributed by atoms with Crippen molar-refractivity contribution in [1.29, 1.82) is 0 Å². The van der Waals surface area contributed by atoms with Crippen molar-refractivity contribution < 1.29 is 0 Å². The predicted molar refractivity (Wildman–Crippen MR) is 114 cm³/mol. The topological polar surface area (TPSA) is 6.48 Å². The van der Waals surface area contributed by atoms with Gasteiger partial charge in [-0.1, -0.05) is 84.9 Å². The molecule has 0 radical (unpaired) electrons. The van der Waals surface area contributed by atoms with Gasteiger partial charge in [-0.05, 0) is 42.0 Å². The first-order chi connectivity index (χ1) is 13.4. The average molecular weight is 350 g/mol. The zero-order chi connectivity index (χ0) is 18.3. The molecule has 0 heterocycles. The molecule has 0 aliphatic heterocycles. The van der Waals surface area contributed by atoms with Crippen molar-refractivity contribution in [2.75, 3.05) is 10.0 Å². The van der Waals surface area contributed by atoms with Crippen LogP contribution in [0.15, 0.2) is 121 Å². The molecule has 27 heavy (non-hydrogen) atoms. The van der Waals surface area contributed by atoms with Crippen molar-refractivity contribution in [1.82, 2.24) is 0 Å². The van der Waals surface area contributed by atoms with Crippen LogP contribution in [0.5, 0.6) is 0 Å². The molecule has 0 atom stereocenters. The van der Waals surface area contributed by atoms with E-state index in [2.05, 4.69) is 131 Å². The van der Waals surface area contributed by atoms with Gasteiger partial charge in [-0.2, -0.15) is 0 Å². The van der Waals surface area contributed by atoms with E-state index in [9.17, 15) is 0 Å². The fourth-order valence-electron chi connectivity index (χ4n) is 3.20. The summed E-state index contributed by atoms with van der Waals surface area (Å²) in [7, 11) is 0. The van der Waals surface area contributed by atoms with Crippen LogP contribution < -0.4 is 10.0 Å². The maximum Gasteiger partial charge on any atom is 0.0650 e. The summed E-state index contributed by atoms with van der Waals surface area (Å²) >= 11 is 0. The number of hydrogen-bond donors (Lipinski definition) is 0. The first-order valence-electron chi connectivity index (χ1n) is 9.18. The van der Waals surface area contributed by atoms with Crippen LogP contribution in [0, 0.1) is 0 Å². The van der Waals surface area contributed by atoms with E-state index in [-0.39, 0.29) is 0 Å². The standard InChI is InChI=1S/C25H22N2/c1-5-13-22(14-6-1)21-26(23-15-7-2-8-16-23)27(24-17-9-3-10-18-24)25-19-11-4-12-20-25/h1-20H,21H2. The van der Waals surface area contributed by atoms with E-state index in [0.717, 1.165) is 23.6 Å². The number of anilines is 3. The van der Waals surface area contributed by atoms with Crippen molar-refractivity contribution in [3.05, 3.63) is 127 Å². The summed E-state index contributed by atoms with van der Waals surface area (Å²) < 4.78 is 0. The third-order valence-electron chi connectivity index (χ3n) is 4.47. The second kappa shape index (κ2) is 8.24. The zero-order valence-electron chi connectivity index (χ0n) is 15.1. The van der Waals surface area contributed by atoms with Gasteiger partial charge >= 0.3 is 0 Å². The molecule has 4 rings (SSSR count). The summed E-state index contributed by atoms with van der Waals surface area (Å²) in [5.74, 6) is 0. The lowest BCUT2D eigenvalue weighted by molar-refractivity contribution is 0.812. The van der Waals surface area contributed by atoms with Crippen LogP contribution in [0.3, 0.4) is 0 Å². The normalized spacial score (nSPS) is 10.4. The molecule has 0 N–H and O–H groups in total. The smallest absolute Gasteiger partial charge is 0.0650 e. The Balaban J connectivity index is 1.83. The minimum Gasteiger partial charge on any atom is -0.276 e. The quantitative estimate of drug-likeness (QED) is 0.369. The number of rotatable bonds is 6. The number of benzene rings is 4. The van der Waals surface area contributed by atoms with Crippen LogP contribution in [0.1, 0.15) is 5.56 Å². The lowest BCUT2D eigenvalue weighted by atomic mass is 10.2. The van der Waals surface area contributed by atoms with Gasteiger partial charge < -0.3 is 0 Å². The Kier molecular flexibility index (Phi) is 5.16. The van der Waals surface area contributed by atoms with Crippen LogP contribution in [0.4, 0.5) is 17.1 Å². The van der Waals surface area contributed by atoms with Crippen molar-refractivity contribution in [2.45, 2.75) is 6.54 Å². The Labute approximate surface area is 160 Å². The summed E-state index contributed by atoms with van der Waals surface area (Å²) in [4.78, 5) is 0. The fraction of sp³-hybridized carbons (Fsp3) is 0.0400. The highest BCUT2D eigenvalue weighted by Crippen LogP contribution is 2.31. The van der Waals surface area contributed by atoms with Gasteiger partial charge in [-0.15, -0.1) is 0 Å². The van der Waals surface area contributed by atoms with Crippen LogP contribution in [-0.4, -0.2) is 0 Å². The van der Waals surface area contributed by atoms with E-state index in [4.69, 9.17) is 0 Å². The van der Waals surface area contributed by atoms with Crippen molar-refractivity contribution >= 4 is 17.1 Å². The van der Waals surface area contributed by atoms with E-state index in [1.54, 1.807) is 0 Å². The molecule has 132 valence electrons. The van der Waals surface area contributed by atoms with Crippen LogP contribution in [-0.2, 0) is 6.54 Å². The lowest BCUT2D eigenvalue weighted by Crippen LogP contribution is -2.39. The molecule has 0 aromatic heterocycles. The largest absolute Gasteiger partial charge is 0.276 e. The molecular formula is C25H22N2. The van der Waals surface area contributed by atoms with Crippen molar-refractivity contribution in [3.8, 4) is 0 Å². The molecule has 0 aliphatic rings. The summed E-state index contributed by atoms with van der Waals surface area (Å²) in [5, 5.41) is 4.60. The molecular weight excluding hydrogens is 328 g/mol. The highest BCUT2D eigenvalue weighted by atomic mass is 15.6. The van der Waals surface area contributed by atoms with Gasteiger partial charge in [0, 0.05) is 0 Å². The van der Waals surface area contributed by atoms with Crippen molar-refractivity contribution in [3.63, 3.8) is 0 Å². The maximum absolute atomic E-state index is 2.32.